The Morgan fingerprint density at radius 1 is 1.31 bits per heavy atom. The minimum atomic E-state index is -4.48. The van der Waals surface area contributed by atoms with Gasteiger partial charge < -0.3 is 10.1 Å². The SMILES string of the molecule is CC[C@H]1CN(C(=O)Nc2cccc(C(F)(F)F)c2)c2cc(Cl)ccc2O1. The fraction of sp³-hybridized carbons (Fsp3) is 0.278. The summed E-state index contributed by atoms with van der Waals surface area (Å²) < 4.78 is 44.3. The number of benzene rings is 2. The molecule has 0 bridgehead atoms. The lowest BCUT2D eigenvalue weighted by molar-refractivity contribution is -0.137. The molecule has 0 aromatic heterocycles. The Morgan fingerprint density at radius 2 is 2.08 bits per heavy atom. The van der Waals surface area contributed by atoms with E-state index in [1.54, 1.807) is 18.2 Å². The van der Waals surface area contributed by atoms with E-state index < -0.39 is 17.8 Å². The quantitative estimate of drug-likeness (QED) is 0.735. The number of hydrogen-bond acceptors (Lipinski definition) is 2. The number of halogens is 4. The maximum Gasteiger partial charge on any atom is 0.416 e. The van der Waals surface area contributed by atoms with Crippen LogP contribution < -0.4 is 15.0 Å². The predicted octanol–water partition coefficient (Wildman–Crippen LogP) is 5.57. The number of carbonyl (C=O) groups is 1. The van der Waals surface area contributed by atoms with Crippen LogP contribution in [-0.2, 0) is 6.18 Å². The minimum Gasteiger partial charge on any atom is -0.486 e. The van der Waals surface area contributed by atoms with Gasteiger partial charge in [-0.3, -0.25) is 4.90 Å². The van der Waals surface area contributed by atoms with Crippen LogP contribution in [-0.4, -0.2) is 18.7 Å². The van der Waals surface area contributed by atoms with E-state index in [9.17, 15) is 18.0 Å². The van der Waals surface area contributed by atoms with Gasteiger partial charge in [-0.2, -0.15) is 13.2 Å². The van der Waals surface area contributed by atoms with Crippen molar-refractivity contribution in [1.29, 1.82) is 0 Å². The summed E-state index contributed by atoms with van der Waals surface area (Å²) in [7, 11) is 0. The highest BCUT2D eigenvalue weighted by molar-refractivity contribution is 6.31. The molecule has 0 aliphatic carbocycles. The molecule has 8 heteroatoms. The third-order valence-corrected chi connectivity index (χ3v) is 4.27. The molecule has 138 valence electrons. The number of amides is 2. The van der Waals surface area contributed by atoms with Crippen LogP contribution in [0.1, 0.15) is 18.9 Å². The first-order valence-electron chi connectivity index (χ1n) is 8.00. The summed E-state index contributed by atoms with van der Waals surface area (Å²) in [4.78, 5) is 14.1. The van der Waals surface area contributed by atoms with E-state index in [-0.39, 0.29) is 18.3 Å². The number of ether oxygens (including phenoxy) is 1. The Hall–Kier alpha value is -2.41. The number of fused-ring (bicyclic) bond motifs is 1. The lowest BCUT2D eigenvalue weighted by Crippen LogP contribution is -2.45. The molecular formula is C18H16ClF3N2O2. The van der Waals surface area contributed by atoms with Gasteiger partial charge in [0.2, 0.25) is 0 Å². The first-order chi connectivity index (χ1) is 12.3. The third kappa shape index (κ3) is 3.88. The molecule has 0 unspecified atom stereocenters. The van der Waals surface area contributed by atoms with E-state index in [2.05, 4.69) is 5.32 Å². The zero-order valence-electron chi connectivity index (χ0n) is 13.8. The first-order valence-corrected chi connectivity index (χ1v) is 8.37. The summed E-state index contributed by atoms with van der Waals surface area (Å²) in [6, 6.07) is 8.87. The normalized spacial score (nSPS) is 16.7. The topological polar surface area (TPSA) is 41.6 Å². The molecule has 1 atom stereocenters. The Bertz CT molecular complexity index is 826. The number of urea groups is 1. The fourth-order valence-electron chi connectivity index (χ4n) is 2.69. The Kier molecular flexibility index (Phi) is 5.00. The molecule has 0 saturated carbocycles. The van der Waals surface area contributed by atoms with Crippen LogP contribution in [0.15, 0.2) is 42.5 Å². The van der Waals surface area contributed by atoms with Gasteiger partial charge in [0, 0.05) is 10.7 Å². The van der Waals surface area contributed by atoms with E-state index in [1.807, 2.05) is 6.92 Å². The number of carbonyl (C=O) groups excluding carboxylic acids is 1. The van der Waals surface area contributed by atoms with Gasteiger partial charge in [0.15, 0.2) is 0 Å². The van der Waals surface area contributed by atoms with E-state index in [0.29, 0.717) is 22.9 Å². The molecule has 2 aromatic carbocycles. The molecule has 3 rings (SSSR count). The maximum absolute atomic E-state index is 12.8. The molecule has 2 amide bonds. The average molecular weight is 385 g/mol. The molecule has 0 fully saturated rings. The summed E-state index contributed by atoms with van der Waals surface area (Å²) in [6.07, 6.45) is -4.02. The van der Waals surface area contributed by atoms with Crippen molar-refractivity contribution in [3.63, 3.8) is 0 Å². The zero-order valence-corrected chi connectivity index (χ0v) is 14.6. The summed E-state index contributed by atoms with van der Waals surface area (Å²) >= 11 is 6.01. The summed E-state index contributed by atoms with van der Waals surface area (Å²) in [5.41, 5.74) is -0.285. The van der Waals surface area contributed by atoms with Crippen molar-refractivity contribution in [2.75, 3.05) is 16.8 Å². The van der Waals surface area contributed by atoms with E-state index >= 15 is 0 Å². The maximum atomic E-state index is 12.8. The molecule has 26 heavy (non-hydrogen) atoms. The zero-order chi connectivity index (χ0) is 18.9. The van der Waals surface area contributed by atoms with Crippen LogP contribution in [0.4, 0.5) is 29.3 Å². The van der Waals surface area contributed by atoms with Crippen molar-refractivity contribution in [3.05, 3.63) is 53.1 Å². The van der Waals surface area contributed by atoms with Crippen molar-refractivity contribution < 1.29 is 22.7 Å². The monoisotopic (exact) mass is 384 g/mol. The number of nitrogens with one attached hydrogen (secondary N) is 1. The number of alkyl halides is 3. The number of hydrogen-bond donors (Lipinski definition) is 1. The minimum absolute atomic E-state index is 0.0629. The van der Waals surface area contributed by atoms with Crippen molar-refractivity contribution in [3.8, 4) is 5.75 Å². The highest BCUT2D eigenvalue weighted by Crippen LogP contribution is 2.37. The Morgan fingerprint density at radius 3 is 2.77 bits per heavy atom. The molecule has 1 N–H and O–H groups in total. The average Bonchev–Trinajstić information content (AvgIpc) is 2.60. The van der Waals surface area contributed by atoms with Crippen LogP contribution in [0.3, 0.4) is 0 Å². The van der Waals surface area contributed by atoms with Gasteiger partial charge in [-0.15, -0.1) is 0 Å². The van der Waals surface area contributed by atoms with E-state index in [0.717, 1.165) is 12.1 Å². The van der Waals surface area contributed by atoms with Crippen LogP contribution in [0.5, 0.6) is 5.75 Å². The smallest absolute Gasteiger partial charge is 0.416 e. The van der Waals surface area contributed by atoms with Crippen LogP contribution >= 0.6 is 11.6 Å². The van der Waals surface area contributed by atoms with Crippen LogP contribution in [0.25, 0.3) is 0 Å². The van der Waals surface area contributed by atoms with Gasteiger partial charge in [-0.25, -0.2) is 4.79 Å². The predicted molar refractivity (Wildman–Crippen MR) is 94.0 cm³/mol. The second-order valence-electron chi connectivity index (χ2n) is 5.88. The molecule has 0 spiro atoms. The lowest BCUT2D eigenvalue weighted by atomic mass is 10.1. The summed E-state index contributed by atoms with van der Waals surface area (Å²) in [5, 5.41) is 2.95. The number of anilines is 2. The molecule has 0 radical (unpaired) electrons. The second kappa shape index (κ2) is 7.07. The van der Waals surface area contributed by atoms with Crippen LogP contribution in [0.2, 0.25) is 5.02 Å². The standard InChI is InChI=1S/C18H16ClF3N2O2/c1-2-14-10-24(15-9-12(19)6-7-16(15)26-14)17(25)23-13-5-3-4-11(8-13)18(20,21)22/h3-9,14H,2,10H2,1H3,(H,23,25)/t14-/m0/s1. The molecule has 0 saturated heterocycles. The Balaban J connectivity index is 1.87. The number of nitrogens with zero attached hydrogens (tertiary/aromatic N) is 1. The van der Waals surface area contributed by atoms with Crippen LogP contribution in [0, 0.1) is 0 Å². The van der Waals surface area contributed by atoms with Gasteiger partial charge in [0.05, 0.1) is 17.8 Å². The fourth-order valence-corrected chi connectivity index (χ4v) is 2.86. The third-order valence-electron chi connectivity index (χ3n) is 4.03. The van der Waals surface area contributed by atoms with E-state index in [1.165, 1.54) is 17.0 Å². The molecule has 4 nitrogen and oxygen atoms in total. The molecule has 1 aliphatic heterocycles. The van der Waals surface area contributed by atoms with Gasteiger partial charge in [0.25, 0.3) is 0 Å². The Labute approximate surface area is 153 Å². The molecular weight excluding hydrogens is 369 g/mol. The van der Waals surface area contributed by atoms with Gasteiger partial charge in [0.1, 0.15) is 11.9 Å². The van der Waals surface area contributed by atoms with Gasteiger partial charge in [-0.05, 0) is 42.8 Å². The first kappa shape index (κ1) is 18.4. The van der Waals surface area contributed by atoms with Crippen molar-refractivity contribution >= 4 is 29.0 Å². The molecule has 1 aliphatic rings. The summed E-state index contributed by atoms with van der Waals surface area (Å²) in [6.45, 7) is 2.20. The molecule has 2 aromatic rings. The van der Waals surface area contributed by atoms with Gasteiger partial charge >= 0.3 is 12.2 Å². The van der Waals surface area contributed by atoms with Gasteiger partial charge in [-0.1, -0.05) is 24.6 Å². The highest BCUT2D eigenvalue weighted by Gasteiger charge is 2.32. The second-order valence-corrected chi connectivity index (χ2v) is 6.32. The summed E-state index contributed by atoms with van der Waals surface area (Å²) in [5.74, 6) is 0.506. The van der Waals surface area contributed by atoms with E-state index in [4.69, 9.17) is 16.3 Å². The van der Waals surface area contributed by atoms with Crippen molar-refractivity contribution in [2.45, 2.75) is 25.6 Å². The highest BCUT2D eigenvalue weighted by atomic mass is 35.5. The number of rotatable bonds is 2. The van der Waals surface area contributed by atoms with Crippen molar-refractivity contribution in [1.82, 2.24) is 0 Å². The largest absolute Gasteiger partial charge is 0.486 e. The molecule has 1 heterocycles. The lowest BCUT2D eigenvalue weighted by Gasteiger charge is -2.34. The van der Waals surface area contributed by atoms with Crippen molar-refractivity contribution in [2.24, 2.45) is 0 Å².